The van der Waals surface area contributed by atoms with Gasteiger partial charge in [-0.3, -0.25) is 9.59 Å². The summed E-state index contributed by atoms with van der Waals surface area (Å²) in [4.78, 5) is 25.8. The largest absolute Gasteiger partial charge is 0.360 e. The van der Waals surface area contributed by atoms with Crippen LogP contribution in [0.15, 0.2) is 23.2 Å². The fourth-order valence-corrected chi connectivity index (χ4v) is 2.41. The SMILES string of the molecule is C=CCN(CC(=O)Nc1cc(C)on1)C(=O)CCCCCCCC. The number of anilines is 1. The second-order valence-corrected chi connectivity index (χ2v) is 5.95. The highest BCUT2D eigenvalue weighted by molar-refractivity contribution is 5.93. The number of hydrogen-bond donors (Lipinski definition) is 1. The molecule has 0 aromatic carbocycles. The molecule has 0 spiro atoms. The van der Waals surface area contributed by atoms with Crippen LogP contribution in [-0.2, 0) is 9.59 Å². The Morgan fingerprint density at radius 1 is 1.29 bits per heavy atom. The fraction of sp³-hybridized carbons (Fsp3) is 0.611. The standard InChI is InChI=1S/C18H29N3O3/c1-4-6-7-8-9-10-11-18(23)21(12-5-2)14-17(22)19-16-13-15(3)24-20-16/h5,13H,2,4,6-12,14H2,1,3H3,(H,19,20,22). The van der Waals surface area contributed by atoms with E-state index in [4.69, 9.17) is 4.52 Å². The van der Waals surface area contributed by atoms with Crippen molar-refractivity contribution in [2.24, 2.45) is 0 Å². The molecule has 0 bridgehead atoms. The third-order valence-electron chi connectivity index (χ3n) is 3.68. The van der Waals surface area contributed by atoms with E-state index < -0.39 is 0 Å². The Morgan fingerprint density at radius 3 is 2.62 bits per heavy atom. The summed E-state index contributed by atoms with van der Waals surface area (Å²) in [7, 11) is 0. The normalized spacial score (nSPS) is 10.4. The summed E-state index contributed by atoms with van der Waals surface area (Å²) in [5.41, 5.74) is 0. The van der Waals surface area contributed by atoms with Gasteiger partial charge in [0.05, 0.1) is 0 Å². The first-order valence-corrected chi connectivity index (χ1v) is 8.68. The van der Waals surface area contributed by atoms with Gasteiger partial charge < -0.3 is 14.7 Å². The van der Waals surface area contributed by atoms with Crippen LogP contribution in [0.5, 0.6) is 0 Å². The molecule has 6 heteroatoms. The predicted octanol–water partition coefficient (Wildman–Crippen LogP) is 3.69. The number of nitrogens with zero attached hydrogens (tertiary/aromatic N) is 2. The molecule has 0 atom stereocenters. The van der Waals surface area contributed by atoms with E-state index >= 15 is 0 Å². The molecule has 0 saturated carbocycles. The lowest BCUT2D eigenvalue weighted by atomic mass is 10.1. The first-order chi connectivity index (χ1) is 11.6. The summed E-state index contributed by atoms with van der Waals surface area (Å²) < 4.78 is 4.90. The zero-order chi connectivity index (χ0) is 17.8. The first-order valence-electron chi connectivity index (χ1n) is 8.68. The van der Waals surface area contributed by atoms with Crippen molar-refractivity contribution in [1.82, 2.24) is 10.1 Å². The Balaban J connectivity index is 2.36. The molecule has 6 nitrogen and oxygen atoms in total. The molecule has 1 aromatic rings. The Bertz CT molecular complexity index is 525. The van der Waals surface area contributed by atoms with Crippen LogP contribution in [0.1, 0.15) is 57.6 Å². The van der Waals surface area contributed by atoms with Crippen LogP contribution in [0.2, 0.25) is 0 Å². The number of rotatable bonds is 12. The van der Waals surface area contributed by atoms with E-state index in [0.717, 1.165) is 19.3 Å². The number of unbranched alkanes of at least 4 members (excludes halogenated alkanes) is 5. The molecule has 1 aromatic heterocycles. The van der Waals surface area contributed by atoms with Gasteiger partial charge in [-0.15, -0.1) is 6.58 Å². The molecule has 0 aliphatic heterocycles. The van der Waals surface area contributed by atoms with Gasteiger partial charge in [-0.1, -0.05) is 50.3 Å². The van der Waals surface area contributed by atoms with Gasteiger partial charge in [-0.25, -0.2) is 0 Å². The van der Waals surface area contributed by atoms with Crippen LogP contribution in [0, 0.1) is 6.92 Å². The van der Waals surface area contributed by atoms with Crippen LogP contribution < -0.4 is 5.32 Å². The highest BCUT2D eigenvalue weighted by Crippen LogP contribution is 2.10. The number of carbonyl (C=O) groups excluding carboxylic acids is 2. The summed E-state index contributed by atoms with van der Waals surface area (Å²) >= 11 is 0. The second-order valence-electron chi connectivity index (χ2n) is 5.95. The van der Waals surface area contributed by atoms with Gasteiger partial charge in [0.25, 0.3) is 0 Å². The molecular weight excluding hydrogens is 306 g/mol. The molecule has 0 unspecified atom stereocenters. The van der Waals surface area contributed by atoms with Crippen LogP contribution in [0.25, 0.3) is 0 Å². The van der Waals surface area contributed by atoms with Crippen LogP contribution >= 0.6 is 0 Å². The lowest BCUT2D eigenvalue weighted by Crippen LogP contribution is -2.38. The van der Waals surface area contributed by atoms with Crippen molar-refractivity contribution < 1.29 is 14.1 Å². The molecule has 0 aliphatic rings. The van der Waals surface area contributed by atoms with E-state index in [9.17, 15) is 9.59 Å². The van der Waals surface area contributed by atoms with Gasteiger partial charge in [0.1, 0.15) is 12.3 Å². The Kier molecular flexibility index (Phi) is 9.49. The Morgan fingerprint density at radius 2 is 2.00 bits per heavy atom. The van der Waals surface area contributed by atoms with Crippen molar-refractivity contribution in [2.75, 3.05) is 18.4 Å². The van der Waals surface area contributed by atoms with E-state index in [1.165, 1.54) is 24.2 Å². The average molecular weight is 335 g/mol. The molecule has 1 rings (SSSR count). The zero-order valence-corrected chi connectivity index (χ0v) is 14.8. The minimum Gasteiger partial charge on any atom is -0.360 e. The van der Waals surface area contributed by atoms with E-state index in [2.05, 4.69) is 24.0 Å². The zero-order valence-electron chi connectivity index (χ0n) is 14.8. The van der Waals surface area contributed by atoms with Gasteiger partial charge in [-0.05, 0) is 13.3 Å². The van der Waals surface area contributed by atoms with Gasteiger partial charge in [0.15, 0.2) is 5.82 Å². The molecule has 1 N–H and O–H groups in total. The maximum absolute atomic E-state index is 12.3. The van der Waals surface area contributed by atoms with Crippen LogP contribution in [0.4, 0.5) is 5.82 Å². The molecule has 24 heavy (non-hydrogen) atoms. The molecule has 0 radical (unpaired) electrons. The third kappa shape index (κ3) is 7.94. The van der Waals surface area contributed by atoms with Crippen molar-refractivity contribution in [1.29, 1.82) is 0 Å². The number of amides is 2. The molecule has 0 fully saturated rings. The summed E-state index contributed by atoms with van der Waals surface area (Å²) in [5.74, 6) is 0.671. The van der Waals surface area contributed by atoms with Crippen LogP contribution in [0.3, 0.4) is 0 Å². The lowest BCUT2D eigenvalue weighted by molar-refractivity contribution is -0.134. The Hall–Kier alpha value is -2.11. The number of nitrogens with one attached hydrogen (secondary N) is 1. The minimum atomic E-state index is -0.290. The number of carbonyl (C=O) groups is 2. The topological polar surface area (TPSA) is 75.4 Å². The average Bonchev–Trinajstić information content (AvgIpc) is 2.95. The van der Waals surface area contributed by atoms with Gasteiger partial charge in [0.2, 0.25) is 11.8 Å². The van der Waals surface area contributed by atoms with E-state index in [-0.39, 0.29) is 18.4 Å². The highest BCUT2D eigenvalue weighted by Gasteiger charge is 2.16. The summed E-state index contributed by atoms with van der Waals surface area (Å²) in [5, 5.41) is 6.33. The molecular formula is C18H29N3O3. The lowest BCUT2D eigenvalue weighted by Gasteiger charge is -2.20. The number of aromatic nitrogens is 1. The third-order valence-corrected chi connectivity index (χ3v) is 3.68. The van der Waals surface area contributed by atoms with Crippen molar-refractivity contribution in [3.63, 3.8) is 0 Å². The predicted molar refractivity (Wildman–Crippen MR) is 94.6 cm³/mol. The summed E-state index contributed by atoms with van der Waals surface area (Å²) in [6.45, 7) is 7.94. The summed E-state index contributed by atoms with van der Waals surface area (Å²) in [6, 6.07) is 1.63. The van der Waals surface area contributed by atoms with Gasteiger partial charge >= 0.3 is 0 Å². The van der Waals surface area contributed by atoms with E-state index in [1.54, 1.807) is 19.1 Å². The van der Waals surface area contributed by atoms with Crippen LogP contribution in [-0.4, -0.2) is 35.0 Å². The highest BCUT2D eigenvalue weighted by atomic mass is 16.5. The first kappa shape index (κ1) is 19.9. The minimum absolute atomic E-state index is 0.00735. The monoisotopic (exact) mass is 335 g/mol. The maximum Gasteiger partial charge on any atom is 0.245 e. The van der Waals surface area contributed by atoms with Crippen molar-refractivity contribution in [2.45, 2.75) is 58.8 Å². The molecule has 2 amide bonds. The van der Waals surface area contributed by atoms with E-state index in [0.29, 0.717) is 24.5 Å². The van der Waals surface area contributed by atoms with E-state index in [1.807, 2.05) is 0 Å². The van der Waals surface area contributed by atoms with Crippen molar-refractivity contribution in [3.05, 3.63) is 24.5 Å². The fourth-order valence-electron chi connectivity index (χ4n) is 2.41. The Labute approximate surface area is 144 Å². The quantitative estimate of drug-likeness (QED) is 0.467. The van der Waals surface area contributed by atoms with Crippen molar-refractivity contribution in [3.8, 4) is 0 Å². The van der Waals surface area contributed by atoms with Gasteiger partial charge in [-0.2, -0.15) is 0 Å². The van der Waals surface area contributed by atoms with Gasteiger partial charge in [0, 0.05) is 19.0 Å². The summed E-state index contributed by atoms with van der Waals surface area (Å²) in [6.07, 6.45) is 8.86. The second kappa shape index (κ2) is 11.4. The van der Waals surface area contributed by atoms with Crippen molar-refractivity contribution >= 4 is 17.6 Å². The molecule has 0 aliphatic carbocycles. The smallest absolute Gasteiger partial charge is 0.245 e. The molecule has 0 saturated heterocycles. The molecule has 1 heterocycles. The maximum atomic E-state index is 12.3. The number of hydrogen-bond acceptors (Lipinski definition) is 4. The molecule has 134 valence electrons. The number of aryl methyl sites for hydroxylation is 1.